The van der Waals surface area contributed by atoms with Gasteiger partial charge in [0.2, 0.25) is 0 Å². The molecule has 0 aromatic carbocycles. The number of hydrogen-bond acceptors (Lipinski definition) is 3. The summed E-state index contributed by atoms with van der Waals surface area (Å²) in [6, 6.07) is 0. The van der Waals surface area contributed by atoms with Crippen molar-refractivity contribution in [1.82, 2.24) is 9.78 Å². The molecule has 7 heteroatoms. The van der Waals surface area contributed by atoms with Gasteiger partial charge in [-0.25, -0.2) is 0 Å². The van der Waals surface area contributed by atoms with Crippen LogP contribution in [0.3, 0.4) is 0 Å². The first kappa shape index (κ1) is 13.0. The van der Waals surface area contributed by atoms with Gasteiger partial charge in [0, 0.05) is 18.3 Å². The van der Waals surface area contributed by atoms with Gasteiger partial charge in [-0.2, -0.15) is 18.3 Å². The minimum absolute atomic E-state index is 0.222. The van der Waals surface area contributed by atoms with Crippen molar-refractivity contribution in [3.63, 3.8) is 0 Å². The molecule has 0 spiro atoms. The molecule has 3 N–H and O–H groups in total. The van der Waals surface area contributed by atoms with Gasteiger partial charge in [0.25, 0.3) is 0 Å². The fraction of sp³-hybridized carbons (Fsp3) is 0.667. The van der Waals surface area contributed by atoms with Gasteiger partial charge < -0.3 is 10.8 Å². The Morgan fingerprint density at radius 1 is 1.50 bits per heavy atom. The highest BCUT2D eigenvalue weighted by molar-refractivity contribution is 5.08. The average Bonchev–Trinajstić information content (AvgIpc) is 2.63. The van der Waals surface area contributed by atoms with E-state index in [0.29, 0.717) is 6.42 Å². The van der Waals surface area contributed by atoms with Crippen molar-refractivity contribution in [2.75, 3.05) is 6.61 Å². The first-order chi connectivity index (χ1) is 7.24. The van der Waals surface area contributed by atoms with E-state index in [4.69, 9.17) is 10.8 Å². The smallest absolute Gasteiger partial charge is 0.394 e. The third kappa shape index (κ3) is 3.49. The number of aliphatic hydroxyl groups excluding tert-OH is 1. The Hall–Kier alpha value is -1.08. The summed E-state index contributed by atoms with van der Waals surface area (Å²) in [5.74, 6) is 0. The van der Waals surface area contributed by atoms with Gasteiger partial charge in [-0.1, -0.05) is 0 Å². The molecule has 0 aliphatic heterocycles. The molecule has 1 atom stereocenters. The lowest BCUT2D eigenvalue weighted by molar-refractivity contribution is -0.137. The molecule has 0 bridgehead atoms. The molecule has 4 nitrogen and oxygen atoms in total. The molecule has 0 saturated carbocycles. The molecule has 1 unspecified atom stereocenters. The van der Waals surface area contributed by atoms with Crippen LogP contribution in [0.15, 0.2) is 12.4 Å². The average molecular weight is 237 g/mol. The highest BCUT2D eigenvalue weighted by Gasteiger charge is 2.32. The molecule has 1 rings (SSSR count). The first-order valence-corrected chi connectivity index (χ1v) is 4.74. The van der Waals surface area contributed by atoms with Gasteiger partial charge in [0.05, 0.1) is 18.4 Å². The van der Waals surface area contributed by atoms with Crippen molar-refractivity contribution in [3.05, 3.63) is 18.0 Å². The first-order valence-electron chi connectivity index (χ1n) is 4.74. The Kier molecular flexibility index (Phi) is 3.59. The van der Waals surface area contributed by atoms with Crippen molar-refractivity contribution in [1.29, 1.82) is 0 Å². The lowest BCUT2D eigenvalue weighted by Gasteiger charge is -2.21. The second-order valence-corrected chi connectivity index (χ2v) is 4.05. The second kappa shape index (κ2) is 4.42. The molecule has 0 fully saturated rings. The lowest BCUT2D eigenvalue weighted by atomic mass is 10.0. The van der Waals surface area contributed by atoms with Crippen molar-refractivity contribution in [3.8, 4) is 0 Å². The number of aryl methyl sites for hydroxylation is 1. The van der Waals surface area contributed by atoms with Gasteiger partial charge >= 0.3 is 6.18 Å². The van der Waals surface area contributed by atoms with Gasteiger partial charge in [-0.05, 0) is 13.3 Å². The molecule has 1 heterocycles. The summed E-state index contributed by atoms with van der Waals surface area (Å²) in [5, 5.41) is 12.5. The zero-order valence-electron chi connectivity index (χ0n) is 8.83. The van der Waals surface area contributed by atoms with Crippen LogP contribution in [0.2, 0.25) is 0 Å². The predicted octanol–water partition coefficient (Wildman–Crippen LogP) is 1.00. The SMILES string of the molecule is CC(N)(CO)CCn1cc(C(F)(F)F)cn1. The van der Waals surface area contributed by atoms with E-state index >= 15 is 0 Å². The minimum atomic E-state index is -4.37. The maximum atomic E-state index is 12.2. The summed E-state index contributed by atoms with van der Waals surface area (Å²) in [6.07, 6.45) is -2.33. The number of aliphatic hydroxyl groups is 1. The molecule has 0 amide bonds. The monoisotopic (exact) mass is 237 g/mol. The maximum absolute atomic E-state index is 12.2. The summed E-state index contributed by atoms with van der Waals surface area (Å²) in [5.41, 5.74) is 4.06. The van der Waals surface area contributed by atoms with E-state index in [1.165, 1.54) is 4.68 Å². The van der Waals surface area contributed by atoms with Crippen LogP contribution in [-0.2, 0) is 12.7 Å². The fourth-order valence-corrected chi connectivity index (χ4v) is 1.08. The van der Waals surface area contributed by atoms with Crippen LogP contribution in [0.25, 0.3) is 0 Å². The lowest BCUT2D eigenvalue weighted by Crippen LogP contribution is -2.41. The molecule has 1 aromatic rings. The van der Waals surface area contributed by atoms with Gasteiger partial charge in [-0.15, -0.1) is 0 Å². The Balaban J connectivity index is 2.60. The Morgan fingerprint density at radius 2 is 2.12 bits per heavy atom. The van der Waals surface area contributed by atoms with Crippen molar-refractivity contribution in [2.45, 2.75) is 31.6 Å². The van der Waals surface area contributed by atoms with Crippen LogP contribution < -0.4 is 5.73 Å². The fourth-order valence-electron chi connectivity index (χ4n) is 1.08. The van der Waals surface area contributed by atoms with E-state index in [1.807, 2.05) is 0 Å². The Morgan fingerprint density at radius 3 is 2.56 bits per heavy atom. The number of nitrogens with two attached hydrogens (primary N) is 1. The van der Waals surface area contributed by atoms with Gasteiger partial charge in [-0.3, -0.25) is 4.68 Å². The van der Waals surface area contributed by atoms with Gasteiger partial charge in [0.1, 0.15) is 0 Å². The van der Waals surface area contributed by atoms with Crippen LogP contribution in [-0.4, -0.2) is 27.0 Å². The standard InChI is InChI=1S/C9H14F3N3O/c1-8(13,6-16)2-3-15-5-7(4-14-15)9(10,11)12/h4-5,16H,2-3,6,13H2,1H3. The molecule has 0 radical (unpaired) electrons. The number of hydrogen-bond donors (Lipinski definition) is 2. The molecular weight excluding hydrogens is 223 g/mol. The molecule has 1 aromatic heterocycles. The van der Waals surface area contributed by atoms with Crippen LogP contribution in [0.5, 0.6) is 0 Å². The van der Waals surface area contributed by atoms with Crippen molar-refractivity contribution >= 4 is 0 Å². The molecular formula is C9H14F3N3O. The van der Waals surface area contributed by atoms with E-state index in [1.54, 1.807) is 6.92 Å². The summed E-state index contributed by atoms with van der Waals surface area (Å²) in [7, 11) is 0. The molecule has 0 aliphatic carbocycles. The summed E-state index contributed by atoms with van der Waals surface area (Å²) < 4.78 is 37.8. The van der Waals surface area contributed by atoms with Crippen molar-refractivity contribution in [2.24, 2.45) is 5.73 Å². The quantitative estimate of drug-likeness (QED) is 0.821. The zero-order chi connectivity index (χ0) is 12.4. The van der Waals surface area contributed by atoms with Crippen LogP contribution >= 0.6 is 0 Å². The Bertz CT molecular complexity index is 346. The molecule has 92 valence electrons. The summed E-state index contributed by atoms with van der Waals surface area (Å²) in [4.78, 5) is 0. The van der Waals surface area contributed by atoms with E-state index in [2.05, 4.69) is 5.10 Å². The zero-order valence-corrected chi connectivity index (χ0v) is 8.83. The highest BCUT2D eigenvalue weighted by atomic mass is 19.4. The second-order valence-electron chi connectivity index (χ2n) is 4.05. The molecule has 0 aliphatic rings. The van der Waals surface area contributed by atoms with E-state index in [-0.39, 0.29) is 13.2 Å². The molecule has 16 heavy (non-hydrogen) atoms. The van der Waals surface area contributed by atoms with E-state index in [0.717, 1.165) is 12.4 Å². The number of halogens is 3. The summed E-state index contributed by atoms with van der Waals surface area (Å²) in [6.45, 7) is 1.64. The van der Waals surface area contributed by atoms with Crippen LogP contribution in [0.1, 0.15) is 18.9 Å². The highest BCUT2D eigenvalue weighted by Crippen LogP contribution is 2.28. The Labute approximate surface area is 90.9 Å². The number of aromatic nitrogens is 2. The minimum Gasteiger partial charge on any atom is -0.394 e. The van der Waals surface area contributed by atoms with Crippen LogP contribution in [0.4, 0.5) is 13.2 Å². The summed E-state index contributed by atoms with van der Waals surface area (Å²) >= 11 is 0. The third-order valence-electron chi connectivity index (χ3n) is 2.23. The normalized spacial score (nSPS) is 16.1. The van der Waals surface area contributed by atoms with Gasteiger partial charge in [0.15, 0.2) is 0 Å². The van der Waals surface area contributed by atoms with E-state index < -0.39 is 17.3 Å². The van der Waals surface area contributed by atoms with E-state index in [9.17, 15) is 13.2 Å². The van der Waals surface area contributed by atoms with Crippen molar-refractivity contribution < 1.29 is 18.3 Å². The number of alkyl halides is 3. The topological polar surface area (TPSA) is 64.1 Å². The number of nitrogens with zero attached hydrogens (tertiary/aromatic N) is 2. The van der Waals surface area contributed by atoms with Crippen LogP contribution in [0, 0.1) is 0 Å². The number of rotatable bonds is 4. The largest absolute Gasteiger partial charge is 0.419 e. The third-order valence-corrected chi connectivity index (χ3v) is 2.23. The maximum Gasteiger partial charge on any atom is 0.419 e. The molecule has 0 saturated heterocycles. The predicted molar refractivity (Wildman–Crippen MR) is 51.5 cm³/mol.